The number of rotatable bonds is 1. The van der Waals surface area contributed by atoms with Crippen molar-refractivity contribution in [1.29, 1.82) is 0 Å². The van der Waals surface area contributed by atoms with Gasteiger partial charge in [-0.05, 0) is 0 Å². The highest BCUT2D eigenvalue weighted by Gasteiger charge is 2.30. The molecule has 0 bridgehead atoms. The van der Waals surface area contributed by atoms with Crippen LogP contribution in [-0.4, -0.2) is 48.1 Å². The molecule has 3 heterocycles. The minimum absolute atomic E-state index is 0.0693. The van der Waals surface area contributed by atoms with E-state index in [2.05, 4.69) is 10.3 Å². The minimum atomic E-state index is -0.342. The van der Waals surface area contributed by atoms with Crippen molar-refractivity contribution in [3.8, 4) is 0 Å². The first kappa shape index (κ1) is 11.9. The van der Waals surface area contributed by atoms with Crippen molar-refractivity contribution in [2.45, 2.75) is 19.1 Å². The van der Waals surface area contributed by atoms with Crippen molar-refractivity contribution < 1.29 is 9.53 Å². The summed E-state index contributed by atoms with van der Waals surface area (Å²) in [5.74, 6) is 0.0693. The van der Waals surface area contributed by atoms with Gasteiger partial charge in [0, 0.05) is 30.9 Å². The van der Waals surface area contributed by atoms with Crippen molar-refractivity contribution in [3.05, 3.63) is 10.6 Å². The van der Waals surface area contributed by atoms with Gasteiger partial charge in [0.25, 0.3) is 5.91 Å². The Morgan fingerprint density at radius 3 is 3.28 bits per heavy atom. The average molecular weight is 268 g/mol. The molecule has 1 saturated heterocycles. The van der Waals surface area contributed by atoms with Gasteiger partial charge in [-0.15, -0.1) is 11.3 Å². The normalized spacial score (nSPS) is 23.8. The number of nitrogens with one attached hydrogen (secondary N) is 1. The van der Waals surface area contributed by atoms with E-state index in [1.54, 1.807) is 0 Å². The number of carbonyl (C=O) groups excluding carboxylic acids is 1. The quantitative estimate of drug-likeness (QED) is 0.724. The fourth-order valence-corrected chi connectivity index (χ4v) is 3.23. The number of anilines is 1. The molecular weight excluding hydrogens is 252 g/mol. The molecule has 1 aromatic heterocycles. The molecule has 1 unspecified atom stereocenters. The largest absolute Gasteiger partial charge is 0.375 e. The van der Waals surface area contributed by atoms with E-state index >= 15 is 0 Å². The zero-order valence-electron chi connectivity index (χ0n) is 10.0. The number of carbonyl (C=O) groups is 1. The van der Waals surface area contributed by atoms with E-state index in [0.717, 1.165) is 23.5 Å². The van der Waals surface area contributed by atoms with Gasteiger partial charge in [0.1, 0.15) is 6.10 Å². The Balaban J connectivity index is 1.69. The Labute approximate surface area is 109 Å². The third-order valence-corrected chi connectivity index (χ3v) is 4.17. The van der Waals surface area contributed by atoms with E-state index in [-0.39, 0.29) is 12.0 Å². The number of nitrogen functional groups attached to an aromatic ring is 1. The second kappa shape index (κ2) is 4.83. The lowest BCUT2D eigenvalue weighted by Gasteiger charge is -2.31. The summed E-state index contributed by atoms with van der Waals surface area (Å²) in [4.78, 5) is 19.5. The molecule has 0 spiro atoms. The second-order valence-electron chi connectivity index (χ2n) is 4.50. The van der Waals surface area contributed by atoms with Gasteiger partial charge in [-0.3, -0.25) is 4.79 Å². The van der Waals surface area contributed by atoms with Crippen LogP contribution in [0.5, 0.6) is 0 Å². The maximum absolute atomic E-state index is 12.3. The minimum Gasteiger partial charge on any atom is -0.375 e. The lowest BCUT2D eigenvalue weighted by Crippen LogP contribution is -2.50. The third kappa shape index (κ3) is 2.21. The molecule has 6 nitrogen and oxygen atoms in total. The number of nitrogens with zero attached hydrogens (tertiary/aromatic N) is 2. The number of aromatic nitrogens is 1. The van der Waals surface area contributed by atoms with Gasteiger partial charge in [-0.25, -0.2) is 4.98 Å². The van der Waals surface area contributed by atoms with Crippen LogP contribution in [0.15, 0.2) is 0 Å². The fourth-order valence-electron chi connectivity index (χ4n) is 2.33. The number of ether oxygens (including phenoxy) is 1. The van der Waals surface area contributed by atoms with Crippen molar-refractivity contribution in [2.24, 2.45) is 0 Å². The van der Waals surface area contributed by atoms with Crippen molar-refractivity contribution >= 4 is 22.4 Å². The van der Waals surface area contributed by atoms with Gasteiger partial charge in [-0.1, -0.05) is 0 Å². The SMILES string of the molecule is Nc1nc2c(s1)CN(C(=O)C1CNCCO1)CC2. The maximum atomic E-state index is 12.3. The number of amides is 1. The molecule has 98 valence electrons. The number of morpholine rings is 1. The molecule has 0 aliphatic carbocycles. The molecule has 7 heteroatoms. The van der Waals surface area contributed by atoms with Crippen molar-refractivity contribution in [2.75, 3.05) is 32.0 Å². The van der Waals surface area contributed by atoms with Crippen LogP contribution in [0.25, 0.3) is 0 Å². The van der Waals surface area contributed by atoms with Gasteiger partial charge in [-0.2, -0.15) is 0 Å². The van der Waals surface area contributed by atoms with Crippen LogP contribution in [0.2, 0.25) is 0 Å². The summed E-state index contributed by atoms with van der Waals surface area (Å²) >= 11 is 1.47. The smallest absolute Gasteiger partial charge is 0.253 e. The monoisotopic (exact) mass is 268 g/mol. The zero-order valence-corrected chi connectivity index (χ0v) is 10.8. The lowest BCUT2D eigenvalue weighted by atomic mass is 10.1. The van der Waals surface area contributed by atoms with Crippen LogP contribution < -0.4 is 11.1 Å². The van der Waals surface area contributed by atoms with Crippen molar-refractivity contribution in [1.82, 2.24) is 15.2 Å². The van der Waals surface area contributed by atoms with E-state index in [0.29, 0.717) is 31.4 Å². The number of thiazole rings is 1. The molecule has 3 N–H and O–H groups in total. The Hall–Kier alpha value is -1.18. The lowest BCUT2D eigenvalue weighted by molar-refractivity contribution is -0.146. The van der Waals surface area contributed by atoms with Crippen LogP contribution in [0.1, 0.15) is 10.6 Å². The van der Waals surface area contributed by atoms with Gasteiger partial charge in [0.05, 0.1) is 18.8 Å². The van der Waals surface area contributed by atoms with Gasteiger partial charge in [0.2, 0.25) is 0 Å². The van der Waals surface area contributed by atoms with Gasteiger partial charge >= 0.3 is 0 Å². The van der Waals surface area contributed by atoms with Crippen LogP contribution in [0.3, 0.4) is 0 Å². The number of hydrogen-bond donors (Lipinski definition) is 2. The van der Waals surface area contributed by atoms with Crippen molar-refractivity contribution in [3.63, 3.8) is 0 Å². The maximum Gasteiger partial charge on any atom is 0.253 e. The summed E-state index contributed by atoms with van der Waals surface area (Å²) in [6.45, 7) is 3.34. The van der Waals surface area contributed by atoms with Crippen LogP contribution >= 0.6 is 11.3 Å². The zero-order chi connectivity index (χ0) is 12.5. The predicted molar refractivity (Wildman–Crippen MR) is 68.3 cm³/mol. The molecule has 0 saturated carbocycles. The standard InChI is InChI=1S/C11H16N4O2S/c12-11-14-7-1-3-15(6-9(7)18-11)10(16)8-5-13-2-4-17-8/h8,13H,1-6H2,(H2,12,14). The predicted octanol–water partition coefficient (Wildman–Crippen LogP) is -0.402. The van der Waals surface area contributed by atoms with Gasteiger partial charge < -0.3 is 20.7 Å². The summed E-state index contributed by atoms with van der Waals surface area (Å²) in [7, 11) is 0. The molecule has 1 fully saturated rings. The summed E-state index contributed by atoms with van der Waals surface area (Å²) in [6, 6.07) is 0. The van der Waals surface area contributed by atoms with E-state index in [1.165, 1.54) is 11.3 Å². The molecule has 2 aliphatic heterocycles. The van der Waals surface area contributed by atoms with E-state index in [9.17, 15) is 4.79 Å². The average Bonchev–Trinajstić information content (AvgIpc) is 2.78. The Kier molecular flexibility index (Phi) is 3.19. The summed E-state index contributed by atoms with van der Waals surface area (Å²) in [5, 5.41) is 3.76. The summed E-state index contributed by atoms with van der Waals surface area (Å²) in [5.41, 5.74) is 6.74. The number of hydrogen-bond acceptors (Lipinski definition) is 6. The summed E-state index contributed by atoms with van der Waals surface area (Å²) in [6.07, 6.45) is 0.445. The first-order valence-electron chi connectivity index (χ1n) is 6.09. The first-order chi connectivity index (χ1) is 8.74. The molecule has 1 amide bonds. The topological polar surface area (TPSA) is 80.5 Å². The summed E-state index contributed by atoms with van der Waals surface area (Å²) < 4.78 is 5.50. The Bertz CT molecular complexity index is 456. The molecule has 0 aromatic carbocycles. The highest BCUT2D eigenvalue weighted by atomic mass is 32.1. The highest BCUT2D eigenvalue weighted by molar-refractivity contribution is 7.15. The molecule has 1 aromatic rings. The molecule has 0 radical (unpaired) electrons. The Morgan fingerprint density at radius 1 is 1.61 bits per heavy atom. The van der Waals surface area contributed by atoms with E-state index in [1.807, 2.05) is 4.90 Å². The number of fused-ring (bicyclic) bond motifs is 1. The molecule has 1 atom stereocenters. The van der Waals surface area contributed by atoms with Gasteiger partial charge in [0.15, 0.2) is 5.13 Å². The van der Waals surface area contributed by atoms with Crippen LogP contribution in [0, 0.1) is 0 Å². The first-order valence-corrected chi connectivity index (χ1v) is 6.91. The molecular formula is C11H16N4O2S. The number of nitrogens with two attached hydrogens (primary N) is 1. The third-order valence-electron chi connectivity index (χ3n) is 3.26. The van der Waals surface area contributed by atoms with Crippen LogP contribution in [-0.2, 0) is 22.5 Å². The molecule has 3 rings (SSSR count). The van der Waals surface area contributed by atoms with E-state index < -0.39 is 0 Å². The fraction of sp³-hybridized carbons (Fsp3) is 0.636. The highest BCUT2D eigenvalue weighted by Crippen LogP contribution is 2.26. The second-order valence-corrected chi connectivity index (χ2v) is 5.61. The Morgan fingerprint density at radius 2 is 2.50 bits per heavy atom. The molecule has 2 aliphatic rings. The molecule has 18 heavy (non-hydrogen) atoms. The van der Waals surface area contributed by atoms with E-state index in [4.69, 9.17) is 10.5 Å². The van der Waals surface area contributed by atoms with Crippen LogP contribution in [0.4, 0.5) is 5.13 Å².